The Morgan fingerprint density at radius 1 is 0.939 bits per heavy atom. The SMILES string of the molecule is CCOc1cc(CNCCc2ccc(S(N)(=O)=O)cc2)cc(Cl)c1OCc1cccc(Cl)c1. The highest BCUT2D eigenvalue weighted by molar-refractivity contribution is 7.89. The number of sulfonamides is 1. The van der Waals surface area contributed by atoms with Crippen molar-refractivity contribution in [3.63, 3.8) is 0 Å². The summed E-state index contributed by atoms with van der Waals surface area (Å²) < 4.78 is 34.4. The van der Waals surface area contributed by atoms with E-state index in [1.165, 1.54) is 12.1 Å². The second-order valence-corrected chi connectivity index (χ2v) is 9.78. The van der Waals surface area contributed by atoms with E-state index in [1.807, 2.05) is 43.3 Å². The molecule has 0 saturated carbocycles. The average molecular weight is 509 g/mol. The minimum atomic E-state index is -3.68. The third kappa shape index (κ3) is 7.62. The van der Waals surface area contributed by atoms with Gasteiger partial charge in [-0.3, -0.25) is 0 Å². The van der Waals surface area contributed by atoms with Crippen LogP contribution in [-0.4, -0.2) is 21.6 Å². The molecule has 0 amide bonds. The normalized spacial score (nSPS) is 11.4. The number of nitrogens with one attached hydrogen (secondary N) is 1. The van der Waals surface area contributed by atoms with E-state index in [1.54, 1.807) is 12.1 Å². The number of primary sulfonamides is 1. The summed E-state index contributed by atoms with van der Waals surface area (Å²) in [6.07, 6.45) is 0.734. The molecule has 3 N–H and O–H groups in total. The van der Waals surface area contributed by atoms with Crippen LogP contribution in [0.2, 0.25) is 10.0 Å². The van der Waals surface area contributed by atoms with Crippen LogP contribution in [0.4, 0.5) is 0 Å². The molecular weight excluding hydrogens is 483 g/mol. The van der Waals surface area contributed by atoms with Crippen molar-refractivity contribution in [1.82, 2.24) is 5.32 Å². The molecule has 0 spiro atoms. The van der Waals surface area contributed by atoms with E-state index >= 15 is 0 Å². The minimum Gasteiger partial charge on any atom is -0.490 e. The van der Waals surface area contributed by atoms with Crippen LogP contribution >= 0.6 is 23.2 Å². The summed E-state index contributed by atoms with van der Waals surface area (Å²) in [6, 6.07) is 17.8. The van der Waals surface area contributed by atoms with Crippen molar-refractivity contribution in [2.75, 3.05) is 13.2 Å². The third-order valence-electron chi connectivity index (χ3n) is 4.81. The topological polar surface area (TPSA) is 90.6 Å². The molecule has 6 nitrogen and oxygen atoms in total. The Labute approximate surface area is 204 Å². The molecule has 0 heterocycles. The van der Waals surface area contributed by atoms with Gasteiger partial charge < -0.3 is 14.8 Å². The summed E-state index contributed by atoms with van der Waals surface area (Å²) in [5.74, 6) is 1.08. The molecule has 0 aliphatic heterocycles. The molecule has 0 atom stereocenters. The van der Waals surface area contributed by atoms with Gasteiger partial charge in [0.05, 0.1) is 16.5 Å². The van der Waals surface area contributed by atoms with Gasteiger partial charge in [-0.1, -0.05) is 47.5 Å². The molecule has 0 aromatic heterocycles. The standard InChI is InChI=1S/C24H26Cl2N2O4S/c1-2-31-23-14-19(13-22(26)24(23)32-16-18-4-3-5-20(25)12-18)15-28-11-10-17-6-8-21(9-7-17)33(27,29)30/h3-9,12-14,28H,2,10-11,15-16H2,1H3,(H2,27,29,30). The molecule has 0 unspecified atom stereocenters. The predicted octanol–water partition coefficient (Wildman–Crippen LogP) is 4.95. The first-order valence-electron chi connectivity index (χ1n) is 10.4. The monoisotopic (exact) mass is 508 g/mol. The number of nitrogens with two attached hydrogens (primary N) is 1. The van der Waals surface area contributed by atoms with Crippen molar-refractivity contribution < 1.29 is 17.9 Å². The molecule has 33 heavy (non-hydrogen) atoms. The number of halogens is 2. The maximum atomic E-state index is 11.3. The molecule has 176 valence electrons. The Morgan fingerprint density at radius 2 is 1.70 bits per heavy atom. The Hall–Kier alpha value is -2.29. The summed E-state index contributed by atoms with van der Waals surface area (Å²) in [4.78, 5) is 0.106. The zero-order chi connectivity index (χ0) is 23.8. The van der Waals surface area contributed by atoms with Crippen molar-refractivity contribution in [3.8, 4) is 11.5 Å². The Balaban J connectivity index is 1.59. The summed E-state index contributed by atoms with van der Waals surface area (Å²) >= 11 is 12.6. The number of hydrogen-bond donors (Lipinski definition) is 2. The summed E-state index contributed by atoms with van der Waals surface area (Å²) in [5, 5.41) is 9.61. The van der Waals surface area contributed by atoms with E-state index in [0.29, 0.717) is 47.8 Å². The van der Waals surface area contributed by atoms with Gasteiger partial charge in [0.1, 0.15) is 6.61 Å². The molecule has 0 aliphatic carbocycles. The van der Waals surface area contributed by atoms with Crippen molar-refractivity contribution in [2.24, 2.45) is 5.14 Å². The van der Waals surface area contributed by atoms with Crippen molar-refractivity contribution in [2.45, 2.75) is 31.4 Å². The first-order chi connectivity index (χ1) is 15.8. The lowest BCUT2D eigenvalue weighted by Gasteiger charge is -2.16. The fourth-order valence-corrected chi connectivity index (χ4v) is 4.24. The van der Waals surface area contributed by atoms with Crippen LogP contribution in [0, 0.1) is 0 Å². The van der Waals surface area contributed by atoms with Crippen LogP contribution < -0.4 is 19.9 Å². The number of benzene rings is 3. The lowest BCUT2D eigenvalue weighted by molar-refractivity contribution is 0.269. The molecule has 0 radical (unpaired) electrons. The van der Waals surface area contributed by atoms with Gasteiger partial charge in [0, 0.05) is 11.6 Å². The van der Waals surface area contributed by atoms with E-state index in [0.717, 1.165) is 23.1 Å². The van der Waals surface area contributed by atoms with Crippen LogP contribution in [0.15, 0.2) is 65.6 Å². The first-order valence-corrected chi connectivity index (χ1v) is 12.7. The smallest absolute Gasteiger partial charge is 0.238 e. The van der Waals surface area contributed by atoms with Gasteiger partial charge in [0.2, 0.25) is 10.0 Å². The van der Waals surface area contributed by atoms with Gasteiger partial charge in [-0.05, 0) is 73.0 Å². The quantitative estimate of drug-likeness (QED) is 0.357. The van der Waals surface area contributed by atoms with Gasteiger partial charge in [0.15, 0.2) is 11.5 Å². The minimum absolute atomic E-state index is 0.106. The highest BCUT2D eigenvalue weighted by atomic mass is 35.5. The van der Waals surface area contributed by atoms with E-state index in [4.69, 9.17) is 37.8 Å². The Morgan fingerprint density at radius 3 is 2.36 bits per heavy atom. The maximum absolute atomic E-state index is 11.3. The number of rotatable bonds is 11. The lowest BCUT2D eigenvalue weighted by Crippen LogP contribution is -2.17. The second-order valence-electron chi connectivity index (χ2n) is 7.37. The maximum Gasteiger partial charge on any atom is 0.238 e. The largest absolute Gasteiger partial charge is 0.490 e. The third-order valence-corrected chi connectivity index (χ3v) is 6.26. The van der Waals surface area contributed by atoms with E-state index < -0.39 is 10.0 Å². The molecule has 3 aromatic carbocycles. The van der Waals surface area contributed by atoms with Gasteiger partial charge in [-0.25, -0.2) is 13.6 Å². The predicted molar refractivity (Wildman–Crippen MR) is 132 cm³/mol. The van der Waals surface area contributed by atoms with Gasteiger partial charge >= 0.3 is 0 Å². The fraction of sp³-hybridized carbons (Fsp3) is 0.250. The summed E-state index contributed by atoms with van der Waals surface area (Å²) in [6.45, 7) is 3.99. The van der Waals surface area contributed by atoms with Crippen LogP contribution in [0.1, 0.15) is 23.6 Å². The molecule has 0 bridgehead atoms. The highest BCUT2D eigenvalue weighted by Crippen LogP contribution is 2.37. The Kier molecular flexibility index (Phi) is 9.00. The molecule has 0 saturated heterocycles. The molecular formula is C24H26Cl2N2O4S. The van der Waals surface area contributed by atoms with Gasteiger partial charge in [0.25, 0.3) is 0 Å². The van der Waals surface area contributed by atoms with E-state index in [2.05, 4.69) is 5.32 Å². The molecule has 9 heteroatoms. The van der Waals surface area contributed by atoms with Crippen LogP contribution in [0.3, 0.4) is 0 Å². The highest BCUT2D eigenvalue weighted by Gasteiger charge is 2.13. The van der Waals surface area contributed by atoms with Crippen LogP contribution in [0.25, 0.3) is 0 Å². The molecule has 3 rings (SSSR count). The first kappa shape index (κ1) is 25.3. The molecule has 0 aliphatic rings. The van der Waals surface area contributed by atoms with E-state index in [9.17, 15) is 8.42 Å². The molecule has 3 aromatic rings. The summed E-state index contributed by atoms with van der Waals surface area (Å²) in [7, 11) is -3.68. The summed E-state index contributed by atoms with van der Waals surface area (Å²) in [5.41, 5.74) is 2.90. The van der Waals surface area contributed by atoms with Crippen molar-refractivity contribution in [3.05, 3.63) is 87.4 Å². The lowest BCUT2D eigenvalue weighted by atomic mass is 10.1. The zero-order valence-electron chi connectivity index (χ0n) is 18.2. The van der Waals surface area contributed by atoms with Crippen molar-refractivity contribution in [1.29, 1.82) is 0 Å². The van der Waals surface area contributed by atoms with Gasteiger partial charge in [-0.2, -0.15) is 0 Å². The Bertz CT molecular complexity index is 1190. The molecule has 0 fully saturated rings. The van der Waals surface area contributed by atoms with E-state index in [-0.39, 0.29) is 4.90 Å². The van der Waals surface area contributed by atoms with Crippen LogP contribution in [0.5, 0.6) is 11.5 Å². The number of ether oxygens (including phenoxy) is 2. The number of hydrogen-bond acceptors (Lipinski definition) is 5. The second kappa shape index (κ2) is 11.7. The van der Waals surface area contributed by atoms with Crippen molar-refractivity contribution >= 4 is 33.2 Å². The van der Waals surface area contributed by atoms with Gasteiger partial charge in [-0.15, -0.1) is 0 Å². The fourth-order valence-electron chi connectivity index (χ4n) is 3.22. The average Bonchev–Trinajstić information content (AvgIpc) is 2.76. The zero-order valence-corrected chi connectivity index (χ0v) is 20.5. The van der Waals surface area contributed by atoms with Crippen LogP contribution in [-0.2, 0) is 29.6 Å².